The van der Waals surface area contributed by atoms with Gasteiger partial charge in [-0.25, -0.2) is 14.8 Å². The monoisotopic (exact) mass is 369 g/mol. The molecule has 0 aliphatic heterocycles. The molecule has 5 nitrogen and oxygen atoms in total. The molecular weight excluding hydrogens is 353 g/mol. The number of benzene rings is 2. The zero-order valence-electron chi connectivity index (χ0n) is 14.2. The molecule has 0 unspecified atom stereocenters. The molecule has 26 heavy (non-hydrogen) atoms. The second-order valence-electron chi connectivity index (χ2n) is 5.41. The largest absolute Gasteiger partial charge is 0.497 e. The van der Waals surface area contributed by atoms with Gasteiger partial charge in [-0.15, -0.1) is 11.3 Å². The van der Waals surface area contributed by atoms with Crippen molar-refractivity contribution in [2.45, 2.75) is 6.92 Å². The minimum Gasteiger partial charge on any atom is -0.497 e. The minimum absolute atomic E-state index is 0.312. The maximum atomic E-state index is 13.0. The van der Waals surface area contributed by atoms with Crippen LogP contribution in [-0.4, -0.2) is 24.2 Å². The Bertz CT molecular complexity index is 934. The minimum atomic E-state index is -0.335. The number of aromatic nitrogens is 1. The molecule has 0 aliphatic rings. The van der Waals surface area contributed by atoms with E-state index in [2.05, 4.69) is 15.5 Å². The summed E-state index contributed by atoms with van der Waals surface area (Å²) in [5.74, 6) is 0.103. The van der Waals surface area contributed by atoms with Gasteiger partial charge in [-0.3, -0.25) is 4.79 Å². The van der Waals surface area contributed by atoms with E-state index in [1.54, 1.807) is 32.4 Å². The first kappa shape index (κ1) is 17.8. The Hall–Kier alpha value is -3.06. The van der Waals surface area contributed by atoms with Gasteiger partial charge in [0.15, 0.2) is 0 Å². The summed E-state index contributed by atoms with van der Waals surface area (Å²) in [5.41, 5.74) is 4.70. The molecule has 132 valence electrons. The van der Waals surface area contributed by atoms with Crippen LogP contribution in [0.5, 0.6) is 5.75 Å². The number of aryl methyl sites for hydroxylation is 1. The number of nitrogens with zero attached hydrogens (tertiary/aromatic N) is 2. The van der Waals surface area contributed by atoms with Crippen molar-refractivity contribution in [1.29, 1.82) is 0 Å². The van der Waals surface area contributed by atoms with E-state index in [9.17, 15) is 9.18 Å². The lowest BCUT2D eigenvalue weighted by molar-refractivity contribution is 0.0958. The van der Waals surface area contributed by atoms with Crippen LogP contribution in [0, 0.1) is 12.7 Å². The van der Waals surface area contributed by atoms with Gasteiger partial charge in [0.05, 0.1) is 19.0 Å². The highest BCUT2D eigenvalue weighted by molar-refractivity contribution is 7.17. The number of hydrogen-bond acceptors (Lipinski definition) is 5. The first-order chi connectivity index (χ1) is 12.6. The number of ether oxygens (including phenoxy) is 1. The van der Waals surface area contributed by atoms with Crippen LogP contribution < -0.4 is 10.2 Å². The number of methoxy groups -OCH3 is 1. The Kier molecular flexibility index (Phi) is 5.38. The van der Waals surface area contributed by atoms with Crippen LogP contribution in [0.25, 0.3) is 10.6 Å². The summed E-state index contributed by atoms with van der Waals surface area (Å²) in [6.45, 7) is 1.76. The van der Waals surface area contributed by atoms with E-state index in [0.29, 0.717) is 15.6 Å². The van der Waals surface area contributed by atoms with E-state index >= 15 is 0 Å². The number of hydrazone groups is 1. The van der Waals surface area contributed by atoms with Gasteiger partial charge < -0.3 is 4.74 Å². The molecule has 0 saturated heterocycles. The van der Waals surface area contributed by atoms with Gasteiger partial charge in [0.1, 0.15) is 21.5 Å². The number of amides is 1. The maximum absolute atomic E-state index is 13.0. The molecule has 0 bridgehead atoms. The fourth-order valence-electron chi connectivity index (χ4n) is 2.23. The van der Waals surface area contributed by atoms with Gasteiger partial charge in [-0.1, -0.05) is 0 Å². The Labute approximate surface area is 154 Å². The SMILES string of the molecule is COc1ccc(C=NNC(=O)c2sc(-c3ccc(F)cc3)nc2C)cc1. The third kappa shape index (κ3) is 4.12. The zero-order chi connectivity index (χ0) is 18.5. The molecule has 3 rings (SSSR count). The number of carbonyl (C=O) groups excluding carboxylic acids is 1. The highest BCUT2D eigenvalue weighted by Crippen LogP contribution is 2.28. The van der Waals surface area contributed by atoms with Gasteiger partial charge >= 0.3 is 0 Å². The lowest BCUT2D eigenvalue weighted by Crippen LogP contribution is -2.17. The topological polar surface area (TPSA) is 63.6 Å². The molecule has 0 radical (unpaired) electrons. The number of carbonyl (C=O) groups is 1. The van der Waals surface area contributed by atoms with E-state index in [-0.39, 0.29) is 11.7 Å². The van der Waals surface area contributed by atoms with Crippen molar-refractivity contribution in [3.05, 3.63) is 70.5 Å². The van der Waals surface area contributed by atoms with Crippen molar-refractivity contribution in [1.82, 2.24) is 10.4 Å². The number of rotatable bonds is 5. The molecule has 0 aliphatic carbocycles. The van der Waals surface area contributed by atoms with E-state index in [1.165, 1.54) is 23.5 Å². The van der Waals surface area contributed by atoms with Crippen molar-refractivity contribution in [2.75, 3.05) is 7.11 Å². The van der Waals surface area contributed by atoms with Crippen molar-refractivity contribution in [3.63, 3.8) is 0 Å². The summed E-state index contributed by atoms with van der Waals surface area (Å²) < 4.78 is 18.1. The van der Waals surface area contributed by atoms with Gasteiger partial charge in [-0.2, -0.15) is 5.10 Å². The van der Waals surface area contributed by atoms with E-state index in [4.69, 9.17) is 4.74 Å². The van der Waals surface area contributed by atoms with Crippen LogP contribution in [0.2, 0.25) is 0 Å². The molecular formula is C19H16FN3O2S. The Morgan fingerprint density at radius 2 is 1.88 bits per heavy atom. The van der Waals surface area contributed by atoms with Crippen LogP contribution in [0.4, 0.5) is 4.39 Å². The van der Waals surface area contributed by atoms with Crippen molar-refractivity contribution < 1.29 is 13.9 Å². The van der Waals surface area contributed by atoms with Crippen molar-refractivity contribution in [2.24, 2.45) is 5.10 Å². The Morgan fingerprint density at radius 3 is 2.54 bits per heavy atom. The molecule has 1 N–H and O–H groups in total. The fraction of sp³-hybridized carbons (Fsp3) is 0.105. The highest BCUT2D eigenvalue weighted by Gasteiger charge is 2.15. The Balaban J connectivity index is 1.69. The lowest BCUT2D eigenvalue weighted by atomic mass is 10.2. The molecule has 1 aromatic heterocycles. The summed E-state index contributed by atoms with van der Waals surface area (Å²) in [5, 5.41) is 4.63. The fourth-order valence-corrected chi connectivity index (χ4v) is 3.19. The third-order valence-electron chi connectivity index (χ3n) is 3.59. The van der Waals surface area contributed by atoms with Gasteiger partial charge in [0, 0.05) is 5.56 Å². The molecule has 0 atom stereocenters. The quantitative estimate of drug-likeness (QED) is 0.545. The summed E-state index contributed by atoms with van der Waals surface area (Å²) in [7, 11) is 1.60. The van der Waals surface area contributed by atoms with Gasteiger partial charge in [-0.05, 0) is 61.0 Å². The van der Waals surface area contributed by atoms with Crippen molar-refractivity contribution in [3.8, 4) is 16.3 Å². The molecule has 2 aromatic carbocycles. The molecule has 0 fully saturated rings. The van der Waals surface area contributed by atoms with Crippen LogP contribution in [0.1, 0.15) is 20.9 Å². The summed E-state index contributed by atoms with van der Waals surface area (Å²) in [6, 6.07) is 13.3. The number of thiazole rings is 1. The van der Waals surface area contributed by atoms with Crippen LogP contribution in [-0.2, 0) is 0 Å². The van der Waals surface area contributed by atoms with Crippen LogP contribution >= 0.6 is 11.3 Å². The number of halogens is 1. The number of hydrogen-bond donors (Lipinski definition) is 1. The van der Waals surface area contributed by atoms with Gasteiger partial charge in [0.2, 0.25) is 0 Å². The molecule has 0 spiro atoms. The van der Waals surface area contributed by atoms with Gasteiger partial charge in [0.25, 0.3) is 5.91 Å². The van der Waals surface area contributed by atoms with Crippen LogP contribution in [0.15, 0.2) is 53.6 Å². The van der Waals surface area contributed by atoms with E-state index < -0.39 is 0 Å². The van der Waals surface area contributed by atoms with E-state index in [0.717, 1.165) is 16.9 Å². The first-order valence-corrected chi connectivity index (χ1v) is 8.59. The summed E-state index contributed by atoms with van der Waals surface area (Å²) in [6.07, 6.45) is 1.55. The predicted octanol–water partition coefficient (Wildman–Crippen LogP) is 4.03. The van der Waals surface area contributed by atoms with E-state index in [1.807, 2.05) is 24.3 Å². The average molecular weight is 369 g/mol. The first-order valence-electron chi connectivity index (χ1n) is 7.77. The molecule has 7 heteroatoms. The van der Waals surface area contributed by atoms with Crippen molar-refractivity contribution >= 4 is 23.5 Å². The lowest BCUT2D eigenvalue weighted by Gasteiger charge is -1.99. The number of nitrogens with one attached hydrogen (secondary N) is 1. The molecule has 3 aromatic rings. The second kappa shape index (κ2) is 7.88. The smallest absolute Gasteiger partial charge is 0.283 e. The summed E-state index contributed by atoms with van der Waals surface area (Å²) >= 11 is 1.24. The Morgan fingerprint density at radius 1 is 1.19 bits per heavy atom. The highest BCUT2D eigenvalue weighted by atomic mass is 32.1. The van der Waals surface area contributed by atoms with Crippen LogP contribution in [0.3, 0.4) is 0 Å². The second-order valence-corrected chi connectivity index (χ2v) is 6.41. The third-order valence-corrected chi connectivity index (χ3v) is 4.79. The zero-order valence-corrected chi connectivity index (χ0v) is 15.0. The molecule has 0 saturated carbocycles. The summed E-state index contributed by atoms with van der Waals surface area (Å²) in [4.78, 5) is 17.2. The maximum Gasteiger partial charge on any atom is 0.283 e. The normalized spacial score (nSPS) is 10.9. The molecule has 1 amide bonds. The predicted molar refractivity (Wildman–Crippen MR) is 100 cm³/mol. The standard InChI is InChI=1S/C19H16FN3O2S/c1-12-17(26-19(22-12)14-5-7-15(20)8-6-14)18(24)23-21-11-13-3-9-16(25-2)10-4-13/h3-11H,1-2H3,(H,23,24). The average Bonchev–Trinajstić information content (AvgIpc) is 3.04. The molecule has 1 heterocycles.